The number of H-pyrrole nitrogens is 1. The Kier molecular flexibility index (Phi) is 6.39. The Morgan fingerprint density at radius 2 is 1.97 bits per heavy atom. The quantitative estimate of drug-likeness (QED) is 0.409. The molecule has 0 atom stereocenters. The van der Waals surface area contributed by atoms with Crippen LogP contribution >= 0.6 is 23.2 Å². The third-order valence-corrected chi connectivity index (χ3v) is 5.86. The molecule has 0 saturated carbocycles. The van der Waals surface area contributed by atoms with E-state index in [4.69, 9.17) is 28.2 Å². The zero-order chi connectivity index (χ0) is 21.8. The zero-order valence-corrected chi connectivity index (χ0v) is 18.4. The molecule has 0 aliphatic rings. The summed E-state index contributed by atoms with van der Waals surface area (Å²) in [5.41, 5.74) is 3.54. The standard InChI is InChI=1S/C23H21Cl2N5O/c1-30(10-9-21(31)26-12-15-5-3-2-4-6-15)20-11-18(16-13-27-28-14-16)17-7-8-19(24)22(25)23(17)29-20/h2-8,11,13-14H,9-10,12H2,1H3,(H,26,31)(H,27,28). The molecule has 0 aliphatic heterocycles. The lowest BCUT2D eigenvalue weighted by atomic mass is 10.0. The third kappa shape index (κ3) is 4.81. The second-order valence-electron chi connectivity index (χ2n) is 7.21. The first-order chi connectivity index (χ1) is 15.0. The average molecular weight is 454 g/mol. The first kappa shape index (κ1) is 21.2. The molecule has 1 amide bonds. The Morgan fingerprint density at radius 1 is 1.16 bits per heavy atom. The third-order valence-electron chi connectivity index (χ3n) is 5.07. The van der Waals surface area contributed by atoms with Crippen molar-refractivity contribution >= 4 is 45.8 Å². The molecule has 4 rings (SSSR count). The second kappa shape index (κ2) is 9.37. The van der Waals surface area contributed by atoms with E-state index in [1.807, 2.05) is 60.6 Å². The maximum absolute atomic E-state index is 12.3. The average Bonchev–Trinajstić information content (AvgIpc) is 3.33. The fourth-order valence-corrected chi connectivity index (χ4v) is 3.68. The predicted octanol–water partition coefficient (Wildman–Crippen LogP) is 5.07. The minimum Gasteiger partial charge on any atom is -0.359 e. The first-order valence-corrected chi connectivity index (χ1v) is 10.6. The number of pyridine rings is 1. The number of carbonyl (C=O) groups excluding carboxylic acids is 1. The van der Waals surface area contributed by atoms with Crippen LogP contribution < -0.4 is 10.2 Å². The number of hydrogen-bond acceptors (Lipinski definition) is 4. The SMILES string of the molecule is CN(CCC(=O)NCc1ccccc1)c1cc(-c2cn[nH]c2)c2ccc(Cl)c(Cl)c2n1. The number of nitrogens with zero attached hydrogens (tertiary/aromatic N) is 3. The smallest absolute Gasteiger partial charge is 0.222 e. The Labute approximate surface area is 190 Å². The fraction of sp³-hybridized carbons (Fsp3) is 0.174. The summed E-state index contributed by atoms with van der Waals surface area (Å²) in [5.74, 6) is 0.677. The van der Waals surface area contributed by atoms with Crippen LogP contribution in [0.5, 0.6) is 0 Å². The molecule has 4 aromatic rings. The number of hydrogen-bond donors (Lipinski definition) is 2. The van der Waals surface area contributed by atoms with Gasteiger partial charge in [-0.25, -0.2) is 4.98 Å². The van der Waals surface area contributed by atoms with E-state index >= 15 is 0 Å². The van der Waals surface area contributed by atoms with Crippen molar-refractivity contribution in [3.63, 3.8) is 0 Å². The minimum absolute atomic E-state index is 0.0207. The number of fused-ring (bicyclic) bond motifs is 1. The molecule has 8 heteroatoms. The summed E-state index contributed by atoms with van der Waals surface area (Å²) < 4.78 is 0. The molecule has 0 bridgehead atoms. The highest BCUT2D eigenvalue weighted by atomic mass is 35.5. The van der Waals surface area contributed by atoms with Gasteiger partial charge in [0.1, 0.15) is 5.82 Å². The summed E-state index contributed by atoms with van der Waals surface area (Å²) in [6.45, 7) is 1.01. The number of rotatable bonds is 7. The lowest BCUT2D eigenvalue weighted by molar-refractivity contribution is -0.121. The van der Waals surface area contributed by atoms with Crippen LogP contribution in [0.4, 0.5) is 5.82 Å². The summed E-state index contributed by atoms with van der Waals surface area (Å²) in [6.07, 6.45) is 3.91. The fourth-order valence-electron chi connectivity index (χ4n) is 3.32. The van der Waals surface area contributed by atoms with E-state index < -0.39 is 0 Å². The molecule has 0 radical (unpaired) electrons. The first-order valence-electron chi connectivity index (χ1n) is 9.82. The highest BCUT2D eigenvalue weighted by Crippen LogP contribution is 2.37. The van der Waals surface area contributed by atoms with Crippen molar-refractivity contribution in [2.45, 2.75) is 13.0 Å². The van der Waals surface area contributed by atoms with Gasteiger partial charge in [0.05, 0.1) is 21.8 Å². The summed E-state index contributed by atoms with van der Waals surface area (Å²) in [5, 5.41) is 11.6. The Morgan fingerprint density at radius 3 is 2.71 bits per heavy atom. The number of amides is 1. The Bertz CT molecular complexity index is 1200. The van der Waals surface area contributed by atoms with E-state index in [-0.39, 0.29) is 5.91 Å². The number of carbonyl (C=O) groups is 1. The maximum Gasteiger partial charge on any atom is 0.222 e. The van der Waals surface area contributed by atoms with Crippen molar-refractivity contribution < 1.29 is 4.79 Å². The van der Waals surface area contributed by atoms with Crippen molar-refractivity contribution in [3.05, 3.63) is 76.5 Å². The molecule has 0 unspecified atom stereocenters. The van der Waals surface area contributed by atoms with Crippen LogP contribution in [0.2, 0.25) is 10.0 Å². The summed E-state index contributed by atoms with van der Waals surface area (Å²) in [7, 11) is 1.90. The Hall–Kier alpha value is -3.09. The molecule has 31 heavy (non-hydrogen) atoms. The molecule has 2 heterocycles. The van der Waals surface area contributed by atoms with Crippen LogP contribution in [0.25, 0.3) is 22.0 Å². The minimum atomic E-state index is -0.0207. The van der Waals surface area contributed by atoms with Gasteiger partial charge in [-0.1, -0.05) is 59.6 Å². The van der Waals surface area contributed by atoms with E-state index in [1.54, 1.807) is 12.3 Å². The summed E-state index contributed by atoms with van der Waals surface area (Å²) >= 11 is 12.7. The molecule has 0 aliphatic carbocycles. The molecular weight excluding hydrogens is 433 g/mol. The molecule has 2 aromatic carbocycles. The largest absolute Gasteiger partial charge is 0.359 e. The number of anilines is 1. The predicted molar refractivity (Wildman–Crippen MR) is 126 cm³/mol. The molecule has 0 saturated heterocycles. The molecule has 2 aromatic heterocycles. The van der Waals surface area contributed by atoms with Crippen LogP contribution in [0, 0.1) is 0 Å². The number of benzene rings is 2. The summed E-state index contributed by atoms with van der Waals surface area (Å²) in [6, 6.07) is 15.5. The number of halogens is 2. The van der Waals surface area contributed by atoms with Gasteiger partial charge < -0.3 is 10.2 Å². The van der Waals surface area contributed by atoms with Crippen LogP contribution in [0.1, 0.15) is 12.0 Å². The van der Waals surface area contributed by atoms with Gasteiger partial charge in [0, 0.05) is 43.7 Å². The van der Waals surface area contributed by atoms with Crippen LogP contribution in [-0.4, -0.2) is 34.7 Å². The van der Waals surface area contributed by atoms with Gasteiger partial charge in [0.2, 0.25) is 5.91 Å². The van der Waals surface area contributed by atoms with E-state index in [2.05, 4.69) is 15.5 Å². The highest BCUT2D eigenvalue weighted by Gasteiger charge is 2.16. The Balaban J connectivity index is 1.53. The van der Waals surface area contributed by atoms with Crippen molar-refractivity contribution in [2.75, 3.05) is 18.5 Å². The number of aromatic amines is 1. The zero-order valence-electron chi connectivity index (χ0n) is 16.9. The topological polar surface area (TPSA) is 73.9 Å². The second-order valence-corrected chi connectivity index (χ2v) is 7.99. The van der Waals surface area contributed by atoms with Crippen molar-refractivity contribution in [1.29, 1.82) is 0 Å². The van der Waals surface area contributed by atoms with Gasteiger partial charge in [0.25, 0.3) is 0 Å². The van der Waals surface area contributed by atoms with Gasteiger partial charge in [-0.05, 0) is 23.3 Å². The molecule has 0 spiro atoms. The number of nitrogens with one attached hydrogen (secondary N) is 2. The lowest BCUT2D eigenvalue weighted by Crippen LogP contribution is -2.28. The molecule has 0 fully saturated rings. The normalized spacial score (nSPS) is 10.9. The van der Waals surface area contributed by atoms with E-state index in [1.165, 1.54) is 0 Å². The van der Waals surface area contributed by atoms with Gasteiger partial charge in [-0.2, -0.15) is 5.10 Å². The van der Waals surface area contributed by atoms with Gasteiger partial charge in [0.15, 0.2) is 0 Å². The van der Waals surface area contributed by atoms with E-state index in [0.717, 1.165) is 22.1 Å². The van der Waals surface area contributed by atoms with Crippen LogP contribution in [0.15, 0.2) is 60.9 Å². The maximum atomic E-state index is 12.3. The molecular formula is C23H21Cl2N5O. The van der Waals surface area contributed by atoms with Gasteiger partial charge in [-0.15, -0.1) is 0 Å². The van der Waals surface area contributed by atoms with Crippen LogP contribution in [-0.2, 0) is 11.3 Å². The van der Waals surface area contributed by atoms with Crippen molar-refractivity contribution in [1.82, 2.24) is 20.5 Å². The van der Waals surface area contributed by atoms with E-state index in [9.17, 15) is 4.79 Å². The lowest BCUT2D eigenvalue weighted by Gasteiger charge is -2.20. The highest BCUT2D eigenvalue weighted by molar-refractivity contribution is 6.45. The van der Waals surface area contributed by atoms with Crippen LogP contribution in [0.3, 0.4) is 0 Å². The van der Waals surface area contributed by atoms with Gasteiger partial charge in [-0.3, -0.25) is 9.89 Å². The summed E-state index contributed by atoms with van der Waals surface area (Å²) in [4.78, 5) is 19.0. The molecule has 6 nitrogen and oxygen atoms in total. The van der Waals surface area contributed by atoms with E-state index in [0.29, 0.717) is 40.9 Å². The number of aromatic nitrogens is 3. The monoisotopic (exact) mass is 453 g/mol. The molecule has 158 valence electrons. The van der Waals surface area contributed by atoms with Crippen molar-refractivity contribution in [2.24, 2.45) is 0 Å². The van der Waals surface area contributed by atoms with Crippen molar-refractivity contribution in [3.8, 4) is 11.1 Å². The molecule has 2 N–H and O–H groups in total. The van der Waals surface area contributed by atoms with Gasteiger partial charge >= 0.3 is 0 Å².